The SMILES string of the molecule is O=C(N(CC12CC3CC(CC(C3)C1)C2)c1ccccc1)S(=O)(=O)O. The predicted molar refractivity (Wildman–Crippen MR) is 91.3 cm³/mol. The quantitative estimate of drug-likeness (QED) is 0.844. The van der Waals surface area contributed by atoms with Gasteiger partial charge in [0.15, 0.2) is 0 Å². The summed E-state index contributed by atoms with van der Waals surface area (Å²) < 4.78 is 32.3. The fourth-order valence-electron chi connectivity index (χ4n) is 5.83. The van der Waals surface area contributed by atoms with Crippen molar-refractivity contribution in [1.82, 2.24) is 0 Å². The van der Waals surface area contributed by atoms with Gasteiger partial charge in [0.2, 0.25) is 0 Å². The maximum Gasteiger partial charge on any atom is 0.370 e. The first-order valence-electron chi connectivity index (χ1n) is 8.69. The third kappa shape index (κ3) is 2.86. The van der Waals surface area contributed by atoms with Gasteiger partial charge in [0.1, 0.15) is 0 Å². The summed E-state index contributed by atoms with van der Waals surface area (Å²) in [6.07, 6.45) is 7.08. The lowest BCUT2D eigenvalue weighted by molar-refractivity contribution is -0.0466. The Morgan fingerprint density at radius 1 is 1.04 bits per heavy atom. The summed E-state index contributed by atoms with van der Waals surface area (Å²) in [4.78, 5) is 13.7. The molecule has 0 heterocycles. The summed E-state index contributed by atoms with van der Waals surface area (Å²) >= 11 is 0. The lowest BCUT2D eigenvalue weighted by Crippen LogP contribution is -2.53. The number of hydrogen-bond donors (Lipinski definition) is 1. The first-order valence-corrected chi connectivity index (χ1v) is 10.1. The third-order valence-electron chi connectivity index (χ3n) is 6.17. The van der Waals surface area contributed by atoms with Crippen LogP contribution in [0.1, 0.15) is 38.5 Å². The summed E-state index contributed by atoms with van der Waals surface area (Å²) in [7, 11) is -4.75. The largest absolute Gasteiger partial charge is 0.370 e. The molecule has 1 aromatic carbocycles. The van der Waals surface area contributed by atoms with Crippen LogP contribution >= 0.6 is 0 Å². The Kier molecular flexibility index (Phi) is 3.73. The van der Waals surface area contributed by atoms with Crippen molar-refractivity contribution in [2.45, 2.75) is 38.5 Å². The van der Waals surface area contributed by atoms with Crippen molar-refractivity contribution in [2.75, 3.05) is 11.4 Å². The highest BCUT2D eigenvalue weighted by Crippen LogP contribution is 2.60. The van der Waals surface area contributed by atoms with Gasteiger partial charge >= 0.3 is 15.4 Å². The van der Waals surface area contributed by atoms with Gasteiger partial charge in [-0.05, 0) is 73.8 Å². The smallest absolute Gasteiger partial charge is 0.297 e. The number of anilines is 1. The maximum absolute atomic E-state index is 12.4. The molecule has 0 radical (unpaired) electrons. The van der Waals surface area contributed by atoms with Crippen molar-refractivity contribution in [2.24, 2.45) is 23.2 Å². The van der Waals surface area contributed by atoms with E-state index in [-0.39, 0.29) is 5.41 Å². The van der Waals surface area contributed by atoms with Crippen molar-refractivity contribution < 1.29 is 17.8 Å². The number of para-hydroxylation sites is 1. The van der Waals surface area contributed by atoms with Crippen LogP contribution in [-0.2, 0) is 10.1 Å². The second-order valence-corrected chi connectivity index (χ2v) is 9.38. The molecule has 0 saturated heterocycles. The van der Waals surface area contributed by atoms with Crippen LogP contribution in [-0.4, -0.2) is 24.8 Å². The van der Waals surface area contributed by atoms with Gasteiger partial charge in [0.05, 0.1) is 0 Å². The average molecular weight is 349 g/mol. The number of carbonyl (C=O) groups is 1. The predicted octanol–water partition coefficient (Wildman–Crippen LogP) is 3.72. The zero-order valence-electron chi connectivity index (χ0n) is 13.6. The molecule has 0 unspecified atom stereocenters. The van der Waals surface area contributed by atoms with Gasteiger partial charge in [-0.1, -0.05) is 18.2 Å². The standard InChI is InChI=1S/C18H23NO4S/c20-17(24(21,22)23)19(16-4-2-1-3-5-16)12-18-9-13-6-14(10-18)8-15(7-13)11-18/h1-5,13-15H,6-12H2,(H,21,22,23). The van der Waals surface area contributed by atoms with E-state index in [1.54, 1.807) is 24.3 Å². The third-order valence-corrected chi connectivity index (χ3v) is 6.83. The zero-order valence-corrected chi connectivity index (χ0v) is 14.4. The number of nitrogens with zero attached hydrogens (tertiary/aromatic N) is 1. The molecule has 4 aliphatic rings. The van der Waals surface area contributed by atoms with E-state index in [1.807, 2.05) is 6.07 Å². The van der Waals surface area contributed by atoms with Gasteiger partial charge < -0.3 is 0 Å². The summed E-state index contributed by atoms with van der Waals surface area (Å²) in [5.74, 6) is 2.15. The van der Waals surface area contributed by atoms with Crippen molar-refractivity contribution in [3.8, 4) is 0 Å². The van der Waals surface area contributed by atoms with Gasteiger partial charge in [0, 0.05) is 12.2 Å². The van der Waals surface area contributed by atoms with E-state index >= 15 is 0 Å². The van der Waals surface area contributed by atoms with Crippen molar-refractivity contribution in [3.05, 3.63) is 30.3 Å². The molecule has 4 saturated carbocycles. The van der Waals surface area contributed by atoms with Crippen LogP contribution in [0.2, 0.25) is 0 Å². The Bertz CT molecular complexity index is 708. The van der Waals surface area contributed by atoms with E-state index in [4.69, 9.17) is 0 Å². The van der Waals surface area contributed by atoms with Gasteiger partial charge in [-0.25, -0.2) is 0 Å². The second kappa shape index (κ2) is 5.56. The first kappa shape index (κ1) is 16.1. The number of benzene rings is 1. The molecule has 4 bridgehead atoms. The first-order chi connectivity index (χ1) is 11.3. The van der Waals surface area contributed by atoms with E-state index in [2.05, 4.69) is 0 Å². The van der Waals surface area contributed by atoms with Crippen LogP contribution in [0.3, 0.4) is 0 Å². The Morgan fingerprint density at radius 2 is 1.54 bits per heavy atom. The molecule has 6 heteroatoms. The number of amides is 1. The van der Waals surface area contributed by atoms with Gasteiger partial charge in [-0.15, -0.1) is 0 Å². The van der Waals surface area contributed by atoms with E-state index in [0.717, 1.165) is 37.0 Å². The van der Waals surface area contributed by atoms with Crippen LogP contribution in [0.15, 0.2) is 30.3 Å². The highest BCUT2D eigenvalue weighted by molar-refractivity contribution is 8.01. The molecule has 1 aromatic rings. The number of hydrogen-bond acceptors (Lipinski definition) is 3. The number of carbonyl (C=O) groups excluding carboxylic acids is 1. The topological polar surface area (TPSA) is 74.7 Å². The fourth-order valence-corrected chi connectivity index (χ4v) is 6.28. The summed E-state index contributed by atoms with van der Waals surface area (Å²) in [5.41, 5.74) is 0.543. The molecule has 4 aliphatic carbocycles. The molecule has 0 spiro atoms. The minimum atomic E-state index is -4.75. The van der Waals surface area contributed by atoms with E-state index < -0.39 is 15.4 Å². The molecule has 5 nitrogen and oxygen atoms in total. The van der Waals surface area contributed by atoms with E-state index in [9.17, 15) is 17.8 Å². The molecular weight excluding hydrogens is 326 g/mol. The second-order valence-electron chi connectivity index (χ2n) is 8.08. The zero-order chi connectivity index (χ0) is 16.9. The van der Waals surface area contributed by atoms with Crippen LogP contribution in [0.4, 0.5) is 10.5 Å². The Labute approximate surface area is 142 Å². The Hall–Kier alpha value is -1.40. The van der Waals surface area contributed by atoms with Crippen LogP contribution in [0, 0.1) is 23.2 Å². The van der Waals surface area contributed by atoms with Gasteiger partial charge in [-0.2, -0.15) is 8.42 Å². The fraction of sp³-hybridized carbons (Fsp3) is 0.611. The summed E-state index contributed by atoms with van der Waals surface area (Å²) in [6.45, 7) is 0.388. The van der Waals surface area contributed by atoms with Crippen LogP contribution < -0.4 is 4.90 Å². The lowest BCUT2D eigenvalue weighted by Gasteiger charge is -2.57. The maximum atomic E-state index is 12.4. The average Bonchev–Trinajstić information content (AvgIpc) is 2.51. The van der Waals surface area contributed by atoms with Gasteiger partial charge in [0.25, 0.3) is 0 Å². The molecular formula is C18H23NO4S. The molecule has 1 amide bonds. The minimum Gasteiger partial charge on any atom is -0.297 e. The molecule has 4 fully saturated rings. The monoisotopic (exact) mass is 349 g/mol. The van der Waals surface area contributed by atoms with E-state index in [0.29, 0.717) is 12.2 Å². The molecule has 130 valence electrons. The number of rotatable bonds is 3. The summed E-state index contributed by atoms with van der Waals surface area (Å²) in [6, 6.07) is 8.83. The Balaban J connectivity index is 1.66. The van der Waals surface area contributed by atoms with Crippen molar-refractivity contribution in [3.63, 3.8) is 0 Å². The minimum absolute atomic E-state index is 0.00490. The van der Waals surface area contributed by atoms with E-state index in [1.165, 1.54) is 24.2 Å². The molecule has 5 rings (SSSR count). The lowest BCUT2D eigenvalue weighted by atomic mass is 9.49. The molecule has 0 aromatic heterocycles. The molecule has 0 atom stereocenters. The molecule has 24 heavy (non-hydrogen) atoms. The van der Waals surface area contributed by atoms with Crippen molar-refractivity contribution in [1.29, 1.82) is 0 Å². The van der Waals surface area contributed by atoms with Crippen LogP contribution in [0.5, 0.6) is 0 Å². The highest BCUT2D eigenvalue weighted by atomic mass is 32.2. The summed E-state index contributed by atoms with van der Waals surface area (Å²) in [5, 5.41) is -1.20. The van der Waals surface area contributed by atoms with Crippen molar-refractivity contribution >= 4 is 21.0 Å². The highest BCUT2D eigenvalue weighted by Gasteiger charge is 2.52. The van der Waals surface area contributed by atoms with Crippen LogP contribution in [0.25, 0.3) is 0 Å². The molecule has 0 aliphatic heterocycles. The molecule has 1 N–H and O–H groups in total. The normalized spacial score (nSPS) is 34.3. The van der Waals surface area contributed by atoms with Gasteiger partial charge in [-0.3, -0.25) is 14.2 Å². The Morgan fingerprint density at radius 3 is 2.00 bits per heavy atom.